The first-order valence-electron chi connectivity index (χ1n) is 16.2. The summed E-state index contributed by atoms with van der Waals surface area (Å²) in [5.41, 5.74) is 2.81. The predicted molar refractivity (Wildman–Crippen MR) is 183 cm³/mol. The molecule has 0 aliphatic heterocycles. The molecular weight excluding hydrogens is 649 g/mol. The van der Waals surface area contributed by atoms with Crippen LogP contribution in [0.2, 0.25) is 0 Å². The molecule has 6 heteroatoms. The summed E-state index contributed by atoms with van der Waals surface area (Å²) in [5, 5.41) is 2.47. The fourth-order valence-corrected chi connectivity index (χ4v) is 7.31. The van der Waals surface area contributed by atoms with Crippen molar-refractivity contribution in [3.05, 3.63) is 81.9 Å². The molecule has 5 nitrogen and oxygen atoms in total. The standard InChI is InChI=1S/C37H48INO4/c1-2-3-4-5-6-7-8-9-10-11-12-13-14-15-22-27-35(40)39-37(41)34-29-32(30-23-18-16-19-24-30)28-33(36(34)38(42)43)31-25-20-17-21-26-31/h16-21,23-26,28-29H,2-15,22,27H2,1H3,(H,39,40,41). The molecule has 2 amide bonds. The van der Waals surface area contributed by atoms with Gasteiger partial charge in [-0.15, -0.1) is 0 Å². The molecule has 0 aromatic heterocycles. The zero-order valence-corrected chi connectivity index (χ0v) is 27.9. The Bertz CT molecular complexity index is 1330. The Kier molecular flexibility index (Phi) is 16.2. The minimum absolute atomic E-state index is 0.0207. The second-order valence-electron chi connectivity index (χ2n) is 11.4. The quantitative estimate of drug-likeness (QED) is 0.0941. The minimum atomic E-state index is -4.12. The number of rotatable bonds is 20. The monoisotopic (exact) mass is 697 g/mol. The fourth-order valence-electron chi connectivity index (χ4n) is 5.49. The first kappa shape index (κ1) is 34.6. The number of carbonyl (C=O) groups is 2. The van der Waals surface area contributed by atoms with Crippen molar-refractivity contribution in [3.8, 4) is 22.3 Å². The lowest BCUT2D eigenvalue weighted by atomic mass is 9.96. The third-order valence-electron chi connectivity index (χ3n) is 7.92. The summed E-state index contributed by atoms with van der Waals surface area (Å²) in [6.45, 7) is 2.26. The summed E-state index contributed by atoms with van der Waals surface area (Å²) in [6, 6.07) is 22.1. The summed E-state index contributed by atoms with van der Waals surface area (Å²) in [7, 11) is 0. The van der Waals surface area contributed by atoms with Crippen molar-refractivity contribution >= 4 is 31.6 Å². The summed E-state index contributed by atoms with van der Waals surface area (Å²) in [4.78, 5) is 26.0. The van der Waals surface area contributed by atoms with Gasteiger partial charge in [-0.25, -0.2) is 6.14 Å². The summed E-state index contributed by atoms with van der Waals surface area (Å²) in [6.07, 6.45) is 18.9. The number of carbonyl (C=O) groups excluding carboxylic acids is 2. The highest BCUT2D eigenvalue weighted by Gasteiger charge is 2.23. The molecule has 0 saturated carbocycles. The number of benzene rings is 3. The van der Waals surface area contributed by atoms with Crippen LogP contribution in [0.4, 0.5) is 0 Å². The molecule has 0 radical (unpaired) electrons. The smallest absolute Gasteiger partial charge is 0.292 e. The van der Waals surface area contributed by atoms with Gasteiger partial charge in [0, 0.05) is 12.0 Å². The average molecular weight is 698 g/mol. The molecule has 43 heavy (non-hydrogen) atoms. The molecule has 3 rings (SSSR count). The Morgan fingerprint density at radius 1 is 0.581 bits per heavy atom. The van der Waals surface area contributed by atoms with Gasteiger partial charge in [0.1, 0.15) is 0 Å². The van der Waals surface area contributed by atoms with Gasteiger partial charge in [0.25, 0.3) is 5.91 Å². The van der Waals surface area contributed by atoms with Crippen LogP contribution in [0.15, 0.2) is 72.8 Å². The largest absolute Gasteiger partial charge is 0.342 e. The maximum Gasteiger partial charge on any atom is 0.342 e. The molecule has 0 aliphatic carbocycles. The second kappa shape index (κ2) is 20.2. The van der Waals surface area contributed by atoms with E-state index in [9.17, 15) is 15.7 Å². The van der Waals surface area contributed by atoms with Gasteiger partial charge in [0.15, 0.2) is 0 Å². The van der Waals surface area contributed by atoms with Crippen LogP contribution in [0.1, 0.15) is 120 Å². The maximum atomic E-state index is 13.3. The van der Waals surface area contributed by atoms with Gasteiger partial charge in [-0.2, -0.15) is 0 Å². The van der Waals surface area contributed by atoms with E-state index in [-0.39, 0.29) is 21.5 Å². The molecule has 0 atom stereocenters. The lowest BCUT2D eigenvalue weighted by molar-refractivity contribution is -0.120. The molecule has 0 fully saturated rings. The van der Waals surface area contributed by atoms with Crippen LogP contribution in [0.5, 0.6) is 0 Å². The highest BCUT2D eigenvalue weighted by Crippen LogP contribution is 2.37. The topological polar surface area (TPSA) is 80.3 Å². The summed E-state index contributed by atoms with van der Waals surface area (Å²) >= 11 is -4.12. The Hall–Kier alpha value is -2.87. The molecule has 0 unspecified atom stereocenters. The van der Waals surface area contributed by atoms with Crippen molar-refractivity contribution in [3.63, 3.8) is 0 Å². The molecular formula is C37H48INO4. The average Bonchev–Trinajstić information content (AvgIpc) is 3.03. The van der Waals surface area contributed by atoms with Gasteiger partial charge in [0.05, 0.1) is 9.13 Å². The van der Waals surface area contributed by atoms with Gasteiger partial charge in [-0.3, -0.25) is 14.9 Å². The van der Waals surface area contributed by atoms with Crippen molar-refractivity contribution in [1.82, 2.24) is 5.32 Å². The minimum Gasteiger partial charge on any atom is -0.292 e. The van der Waals surface area contributed by atoms with Gasteiger partial charge >= 0.3 is 19.8 Å². The van der Waals surface area contributed by atoms with E-state index in [0.717, 1.165) is 24.0 Å². The number of nitrogens with one attached hydrogen (secondary N) is 1. The molecule has 0 aliphatic rings. The third-order valence-corrected chi connectivity index (χ3v) is 9.97. The Balaban J connectivity index is 1.47. The lowest BCUT2D eigenvalue weighted by Crippen LogP contribution is -2.31. The van der Waals surface area contributed by atoms with Crippen molar-refractivity contribution in [1.29, 1.82) is 0 Å². The van der Waals surface area contributed by atoms with E-state index in [2.05, 4.69) is 12.2 Å². The summed E-state index contributed by atoms with van der Waals surface area (Å²) in [5.74, 6) is -1.03. The third kappa shape index (κ3) is 12.3. The van der Waals surface area contributed by atoms with Crippen LogP contribution in [0.3, 0.4) is 0 Å². The zero-order chi connectivity index (χ0) is 30.7. The molecule has 1 N–H and O–H groups in total. The van der Waals surface area contributed by atoms with Crippen molar-refractivity contribution < 1.29 is 15.7 Å². The Labute approximate surface area is 265 Å². The number of unbranched alkanes of at least 4 members (excludes halogenated alkanes) is 14. The molecule has 0 heterocycles. The molecule has 3 aromatic carbocycles. The van der Waals surface area contributed by atoms with Crippen LogP contribution in [-0.2, 0) is 10.9 Å². The van der Waals surface area contributed by atoms with E-state index in [0.29, 0.717) is 17.5 Å². The maximum absolute atomic E-state index is 13.3. The fraction of sp³-hybridized carbons (Fsp3) is 0.459. The van der Waals surface area contributed by atoms with Crippen molar-refractivity contribution in [2.45, 2.75) is 110 Å². The van der Waals surface area contributed by atoms with E-state index in [1.807, 2.05) is 66.7 Å². The predicted octanol–water partition coefficient (Wildman–Crippen LogP) is 10.9. The first-order valence-corrected chi connectivity index (χ1v) is 19.0. The van der Waals surface area contributed by atoms with E-state index in [4.69, 9.17) is 0 Å². The SMILES string of the molecule is CCCCCCCCCCCCCCCCCC(=O)NC(=O)c1cc(-c2ccccc2)cc(-c2ccccc2)c1I(=O)=O. The number of halogens is 1. The number of amides is 2. The van der Waals surface area contributed by atoms with Crippen LogP contribution in [0, 0.1) is 3.57 Å². The van der Waals surface area contributed by atoms with Crippen molar-refractivity contribution in [2.24, 2.45) is 0 Å². The van der Waals surface area contributed by atoms with Gasteiger partial charge < -0.3 is 0 Å². The Morgan fingerprint density at radius 3 is 1.53 bits per heavy atom. The number of imide groups is 1. The van der Waals surface area contributed by atoms with E-state index in [1.54, 1.807) is 6.07 Å². The van der Waals surface area contributed by atoms with Crippen molar-refractivity contribution in [2.75, 3.05) is 0 Å². The highest BCUT2D eigenvalue weighted by molar-refractivity contribution is 14.2. The van der Waals surface area contributed by atoms with Gasteiger partial charge in [-0.05, 0) is 35.2 Å². The number of hydrogen-bond acceptors (Lipinski definition) is 4. The van der Waals surface area contributed by atoms with Crippen LogP contribution >= 0.6 is 19.8 Å². The molecule has 0 bridgehead atoms. The molecule has 232 valence electrons. The van der Waals surface area contributed by atoms with Gasteiger partial charge in [-0.1, -0.05) is 157 Å². The van der Waals surface area contributed by atoms with Gasteiger partial charge in [0.2, 0.25) is 5.91 Å². The summed E-state index contributed by atoms with van der Waals surface area (Å²) < 4.78 is 25.1. The highest BCUT2D eigenvalue weighted by atomic mass is 127. The normalized spacial score (nSPS) is 11.1. The molecule has 3 aromatic rings. The lowest BCUT2D eigenvalue weighted by Gasteiger charge is -2.14. The van der Waals surface area contributed by atoms with Crippen LogP contribution < -0.4 is 5.32 Å². The second-order valence-corrected chi connectivity index (χ2v) is 13.7. The zero-order valence-electron chi connectivity index (χ0n) is 25.8. The first-order chi connectivity index (χ1) is 21.0. The molecule has 0 saturated heterocycles. The Morgan fingerprint density at radius 2 is 1.05 bits per heavy atom. The van der Waals surface area contributed by atoms with E-state index < -0.39 is 25.7 Å². The van der Waals surface area contributed by atoms with Crippen LogP contribution in [-0.4, -0.2) is 11.8 Å². The molecule has 0 spiro atoms. The number of hydrogen-bond donors (Lipinski definition) is 1. The van der Waals surface area contributed by atoms with E-state index >= 15 is 0 Å². The van der Waals surface area contributed by atoms with Crippen LogP contribution in [0.25, 0.3) is 22.3 Å². The van der Waals surface area contributed by atoms with E-state index in [1.165, 1.54) is 77.0 Å².